The van der Waals surface area contributed by atoms with Crippen molar-refractivity contribution < 1.29 is 49.6 Å². The molecule has 228 valence electrons. The summed E-state index contributed by atoms with van der Waals surface area (Å²) in [6.07, 6.45) is -2.68. The van der Waals surface area contributed by atoms with Crippen LogP contribution in [-0.4, -0.2) is 137 Å². The Morgan fingerprint density at radius 1 is 1.21 bits per heavy atom. The predicted octanol–water partition coefficient (Wildman–Crippen LogP) is -3.66. The number of ether oxygens (including phenoxy) is 4. The van der Waals surface area contributed by atoms with Gasteiger partial charge in [-0.1, -0.05) is 0 Å². The van der Waals surface area contributed by atoms with E-state index in [-0.39, 0.29) is 32.7 Å². The summed E-state index contributed by atoms with van der Waals surface area (Å²) in [5, 5.41) is 67.3. The van der Waals surface area contributed by atoms with Crippen LogP contribution < -0.4 is 22.1 Å². The normalized spacial score (nSPS) is 38.4. The molecule has 3 aliphatic rings. The third-order valence-corrected chi connectivity index (χ3v) is 7.27. The number of rotatable bonds is 14. The van der Waals surface area contributed by atoms with Crippen LogP contribution in [0.3, 0.4) is 0 Å². The van der Waals surface area contributed by atoms with Gasteiger partial charge in [-0.3, -0.25) is 0 Å². The maximum Gasteiger partial charge on any atom is 0.200 e. The highest BCUT2D eigenvalue weighted by atomic mass is 16.7. The van der Waals surface area contributed by atoms with E-state index in [2.05, 4.69) is 10.6 Å². The van der Waals surface area contributed by atoms with Gasteiger partial charge in [-0.2, -0.15) is 0 Å². The van der Waals surface area contributed by atoms with Crippen LogP contribution in [0.5, 0.6) is 0 Å². The SMILES string of the molecule is C[C@]1(O)COC(O[C@H]2C(NC(CO)CO)CC(N)[C@@H](O[C@@H]3CCC=C(CNCC(O)CCN)O3)C2O)C(O)C1. The Labute approximate surface area is 229 Å². The number of aliphatic hydroxyl groups is 6. The molecule has 0 amide bonds. The zero-order chi connectivity index (χ0) is 28.6. The van der Waals surface area contributed by atoms with Crippen molar-refractivity contribution >= 4 is 0 Å². The van der Waals surface area contributed by atoms with Crippen LogP contribution in [0.1, 0.15) is 39.0 Å². The van der Waals surface area contributed by atoms with Crippen LogP contribution in [0.4, 0.5) is 0 Å². The van der Waals surface area contributed by atoms with E-state index >= 15 is 0 Å². The van der Waals surface area contributed by atoms with Gasteiger partial charge >= 0.3 is 0 Å². The molecular formula is C25H48N4O10. The zero-order valence-corrected chi connectivity index (χ0v) is 22.6. The lowest BCUT2D eigenvalue weighted by atomic mass is 9.83. The van der Waals surface area contributed by atoms with Crippen LogP contribution in [0.2, 0.25) is 0 Å². The molecule has 14 heteroatoms. The van der Waals surface area contributed by atoms with Crippen molar-refractivity contribution in [3.05, 3.63) is 11.8 Å². The highest BCUT2D eigenvalue weighted by molar-refractivity contribution is 5.03. The maximum absolute atomic E-state index is 11.4. The molecule has 0 aromatic rings. The van der Waals surface area contributed by atoms with Crippen molar-refractivity contribution in [1.29, 1.82) is 0 Å². The van der Waals surface area contributed by atoms with Crippen molar-refractivity contribution in [2.24, 2.45) is 11.5 Å². The van der Waals surface area contributed by atoms with Crippen LogP contribution in [0.25, 0.3) is 0 Å². The molecule has 2 fully saturated rings. The van der Waals surface area contributed by atoms with E-state index < -0.39 is 66.8 Å². The third-order valence-electron chi connectivity index (χ3n) is 7.27. The quantitative estimate of drug-likeness (QED) is 0.0979. The molecule has 39 heavy (non-hydrogen) atoms. The van der Waals surface area contributed by atoms with Crippen molar-refractivity contribution in [2.45, 2.75) is 106 Å². The molecular weight excluding hydrogens is 516 g/mol. The van der Waals surface area contributed by atoms with Gasteiger partial charge < -0.3 is 71.7 Å². The van der Waals surface area contributed by atoms with Gasteiger partial charge in [0.15, 0.2) is 12.6 Å². The summed E-state index contributed by atoms with van der Waals surface area (Å²) in [5.41, 5.74) is 10.7. The van der Waals surface area contributed by atoms with Crippen LogP contribution in [0, 0.1) is 0 Å². The molecule has 1 aliphatic carbocycles. The largest absolute Gasteiger partial charge is 0.468 e. The molecule has 0 radical (unpaired) electrons. The van der Waals surface area contributed by atoms with Crippen molar-refractivity contribution in [2.75, 3.05) is 39.5 Å². The molecule has 0 spiro atoms. The fourth-order valence-electron chi connectivity index (χ4n) is 5.19. The summed E-state index contributed by atoms with van der Waals surface area (Å²) in [5.74, 6) is 0.650. The Bertz CT molecular complexity index is 758. The number of aliphatic hydroxyl groups excluding tert-OH is 5. The second-order valence-corrected chi connectivity index (χ2v) is 11.0. The Kier molecular flexibility index (Phi) is 12.8. The molecule has 0 aromatic heterocycles. The molecule has 2 heterocycles. The minimum Gasteiger partial charge on any atom is -0.468 e. The number of allylic oxidation sites excluding steroid dienone is 1. The lowest BCUT2D eigenvalue weighted by molar-refractivity contribution is -0.297. The van der Waals surface area contributed by atoms with E-state index in [9.17, 15) is 30.6 Å². The molecule has 2 aliphatic heterocycles. The predicted molar refractivity (Wildman–Crippen MR) is 139 cm³/mol. The van der Waals surface area contributed by atoms with Gasteiger partial charge in [0.2, 0.25) is 0 Å². The summed E-state index contributed by atoms with van der Waals surface area (Å²) in [4.78, 5) is 0. The second kappa shape index (κ2) is 15.3. The highest BCUT2D eigenvalue weighted by Gasteiger charge is 2.48. The number of hydrogen-bond donors (Lipinski definition) is 10. The molecule has 14 nitrogen and oxygen atoms in total. The fourth-order valence-corrected chi connectivity index (χ4v) is 5.19. The summed E-state index contributed by atoms with van der Waals surface area (Å²) in [7, 11) is 0. The van der Waals surface area contributed by atoms with E-state index in [4.69, 9.17) is 30.4 Å². The highest BCUT2D eigenvalue weighted by Crippen LogP contribution is 2.32. The van der Waals surface area contributed by atoms with E-state index in [0.717, 1.165) is 0 Å². The van der Waals surface area contributed by atoms with Gasteiger partial charge in [0.25, 0.3) is 0 Å². The molecule has 1 saturated carbocycles. The monoisotopic (exact) mass is 564 g/mol. The summed E-state index contributed by atoms with van der Waals surface area (Å²) in [6, 6.07) is -1.93. The summed E-state index contributed by atoms with van der Waals surface area (Å²) >= 11 is 0. The minimum atomic E-state index is -1.27. The topological polar surface area (TPSA) is 234 Å². The molecule has 0 bridgehead atoms. The van der Waals surface area contributed by atoms with Crippen LogP contribution in [0.15, 0.2) is 11.8 Å². The second-order valence-electron chi connectivity index (χ2n) is 11.0. The standard InChI is InChI=1S/C25H48N4O10/c1-25(35)8-19(33)24(36-13-25)39-23-18(29-14(11-30)12-31)7-17(27)22(21(23)34)38-20-4-2-3-16(37-20)10-28-9-15(32)5-6-26/h3,14-15,17-24,28-35H,2,4-13,26-27H2,1H3/t15?,17?,18?,19?,20-,21?,22-,23+,24?,25-/m1/s1. The Balaban J connectivity index is 1.64. The fraction of sp³-hybridized carbons (Fsp3) is 0.920. The molecule has 0 aromatic carbocycles. The van der Waals surface area contributed by atoms with Gasteiger partial charge in [-0.05, 0) is 38.8 Å². The van der Waals surface area contributed by atoms with Gasteiger partial charge in [-0.15, -0.1) is 0 Å². The number of hydrogen-bond acceptors (Lipinski definition) is 14. The summed E-state index contributed by atoms with van der Waals surface area (Å²) in [6.45, 7) is 1.95. The van der Waals surface area contributed by atoms with Crippen molar-refractivity contribution in [3.8, 4) is 0 Å². The lowest BCUT2D eigenvalue weighted by Crippen LogP contribution is -2.67. The smallest absolute Gasteiger partial charge is 0.200 e. The molecule has 1 saturated heterocycles. The van der Waals surface area contributed by atoms with Gasteiger partial charge in [-0.25, -0.2) is 0 Å². The molecule has 3 rings (SSSR count). The maximum atomic E-state index is 11.4. The minimum absolute atomic E-state index is 0.0240. The van der Waals surface area contributed by atoms with E-state index in [0.29, 0.717) is 44.7 Å². The van der Waals surface area contributed by atoms with Crippen LogP contribution >= 0.6 is 0 Å². The zero-order valence-electron chi connectivity index (χ0n) is 22.6. The van der Waals surface area contributed by atoms with Crippen molar-refractivity contribution in [1.82, 2.24) is 10.6 Å². The first-order valence-corrected chi connectivity index (χ1v) is 13.8. The van der Waals surface area contributed by atoms with Gasteiger partial charge in [0.1, 0.15) is 30.2 Å². The summed E-state index contributed by atoms with van der Waals surface area (Å²) < 4.78 is 23.7. The average Bonchev–Trinajstić information content (AvgIpc) is 2.88. The molecule has 10 atom stereocenters. The lowest BCUT2D eigenvalue weighted by Gasteiger charge is -2.47. The third kappa shape index (κ3) is 9.53. The Morgan fingerprint density at radius 3 is 2.62 bits per heavy atom. The van der Waals surface area contributed by atoms with Gasteiger partial charge in [0, 0.05) is 31.5 Å². The molecule has 12 N–H and O–H groups in total. The van der Waals surface area contributed by atoms with E-state index in [1.165, 1.54) is 0 Å². The van der Waals surface area contributed by atoms with Gasteiger partial charge in [0.05, 0.1) is 44.1 Å². The first-order valence-electron chi connectivity index (χ1n) is 13.8. The first kappa shape index (κ1) is 32.5. The van der Waals surface area contributed by atoms with Crippen LogP contribution in [-0.2, 0) is 18.9 Å². The first-order chi connectivity index (χ1) is 18.6. The van der Waals surface area contributed by atoms with E-state index in [1.807, 2.05) is 6.08 Å². The van der Waals surface area contributed by atoms with Crippen molar-refractivity contribution in [3.63, 3.8) is 0 Å². The number of nitrogens with two attached hydrogens (primary N) is 2. The Morgan fingerprint density at radius 2 is 1.95 bits per heavy atom. The average molecular weight is 565 g/mol. The number of nitrogens with one attached hydrogen (secondary N) is 2. The Hall–Kier alpha value is -0.980. The van der Waals surface area contributed by atoms with E-state index in [1.54, 1.807) is 6.92 Å². The molecule has 6 unspecified atom stereocenters.